The summed E-state index contributed by atoms with van der Waals surface area (Å²) in [5.74, 6) is -0.375. The Balaban J connectivity index is 1.58. The van der Waals surface area contributed by atoms with Crippen LogP contribution in [0.2, 0.25) is 0 Å². The molecule has 0 aromatic heterocycles. The molecule has 1 N–H and O–H groups in total. The fraction of sp³-hybridized carbons (Fsp3) is 0.333. The number of nitrogens with zero attached hydrogens (tertiary/aromatic N) is 2. The van der Waals surface area contributed by atoms with Crippen LogP contribution in [0.25, 0.3) is 11.1 Å². The van der Waals surface area contributed by atoms with E-state index in [1.54, 1.807) is 53.4 Å². The van der Waals surface area contributed by atoms with Gasteiger partial charge in [-0.25, -0.2) is 8.42 Å². The molecule has 3 rings (SSSR count). The third kappa shape index (κ3) is 5.42. The number of likely N-dealkylation sites (N-methyl/N-ethyl adjacent to an activating group) is 1. The monoisotopic (exact) mass is 415 g/mol. The summed E-state index contributed by atoms with van der Waals surface area (Å²) < 4.78 is 23.1. The van der Waals surface area contributed by atoms with E-state index in [2.05, 4.69) is 10.2 Å². The number of nitrogens with one attached hydrogen (secondary N) is 1. The molecule has 1 saturated heterocycles. The van der Waals surface area contributed by atoms with Crippen molar-refractivity contribution in [1.82, 2.24) is 15.1 Å². The summed E-state index contributed by atoms with van der Waals surface area (Å²) in [6.07, 6.45) is 1.17. The standard InChI is InChI=1S/C21H25N3O4S/c1-23-11-13-24(14-12-23)20(25)15-22-21(26)18-5-3-16(4-6-18)17-7-9-19(10-8-17)29(2,27)28/h3-10H,11-15H2,1-2H3,(H,22,26). The summed E-state index contributed by atoms with van der Waals surface area (Å²) in [6, 6.07) is 13.6. The Morgan fingerprint density at radius 3 is 1.93 bits per heavy atom. The minimum atomic E-state index is -3.23. The molecule has 2 amide bonds. The molecular formula is C21H25N3O4S. The van der Waals surface area contributed by atoms with Gasteiger partial charge < -0.3 is 15.1 Å². The first-order valence-corrected chi connectivity index (χ1v) is 11.3. The van der Waals surface area contributed by atoms with Crippen molar-refractivity contribution >= 4 is 21.7 Å². The molecule has 154 valence electrons. The number of amides is 2. The third-order valence-corrected chi connectivity index (χ3v) is 6.15. The van der Waals surface area contributed by atoms with E-state index >= 15 is 0 Å². The van der Waals surface area contributed by atoms with Crippen molar-refractivity contribution in [2.45, 2.75) is 4.90 Å². The van der Waals surface area contributed by atoms with Crippen molar-refractivity contribution in [3.63, 3.8) is 0 Å². The zero-order chi connectivity index (χ0) is 21.0. The van der Waals surface area contributed by atoms with Gasteiger partial charge in [0, 0.05) is 38.0 Å². The van der Waals surface area contributed by atoms with Crippen molar-refractivity contribution in [3.8, 4) is 11.1 Å². The van der Waals surface area contributed by atoms with Gasteiger partial charge in [-0.05, 0) is 42.4 Å². The molecule has 8 heteroatoms. The molecule has 0 spiro atoms. The SMILES string of the molecule is CN1CCN(C(=O)CNC(=O)c2ccc(-c3ccc(S(C)(=O)=O)cc3)cc2)CC1. The largest absolute Gasteiger partial charge is 0.343 e. The summed E-state index contributed by atoms with van der Waals surface area (Å²) in [7, 11) is -1.21. The van der Waals surface area contributed by atoms with Crippen molar-refractivity contribution in [2.75, 3.05) is 46.0 Å². The highest BCUT2D eigenvalue weighted by Gasteiger charge is 2.19. The number of piperazine rings is 1. The molecule has 1 fully saturated rings. The number of sulfone groups is 1. The first kappa shape index (κ1) is 21.0. The van der Waals surface area contributed by atoms with Crippen LogP contribution in [0.4, 0.5) is 0 Å². The lowest BCUT2D eigenvalue weighted by molar-refractivity contribution is -0.131. The predicted molar refractivity (Wildman–Crippen MR) is 111 cm³/mol. The average molecular weight is 416 g/mol. The second kappa shape index (κ2) is 8.75. The molecule has 2 aromatic rings. The molecule has 1 aliphatic heterocycles. The maximum atomic E-state index is 12.3. The van der Waals surface area contributed by atoms with Gasteiger partial charge in [-0.1, -0.05) is 24.3 Å². The number of rotatable bonds is 5. The van der Waals surface area contributed by atoms with E-state index in [9.17, 15) is 18.0 Å². The Bertz CT molecular complexity index is 978. The average Bonchev–Trinajstić information content (AvgIpc) is 2.72. The fourth-order valence-electron chi connectivity index (χ4n) is 3.13. The van der Waals surface area contributed by atoms with Gasteiger partial charge in [-0.3, -0.25) is 9.59 Å². The van der Waals surface area contributed by atoms with Crippen LogP contribution in [0.5, 0.6) is 0 Å². The summed E-state index contributed by atoms with van der Waals surface area (Å²) in [6.45, 7) is 3.02. The first-order valence-electron chi connectivity index (χ1n) is 9.39. The minimum Gasteiger partial charge on any atom is -0.343 e. The van der Waals surface area contributed by atoms with Crippen LogP contribution in [0.3, 0.4) is 0 Å². The van der Waals surface area contributed by atoms with Gasteiger partial charge >= 0.3 is 0 Å². The maximum absolute atomic E-state index is 12.3. The summed E-state index contributed by atoms with van der Waals surface area (Å²) >= 11 is 0. The van der Waals surface area contributed by atoms with Crippen LogP contribution >= 0.6 is 0 Å². The lowest BCUT2D eigenvalue weighted by Gasteiger charge is -2.32. The fourth-order valence-corrected chi connectivity index (χ4v) is 3.76. The quantitative estimate of drug-likeness (QED) is 0.795. The molecule has 2 aromatic carbocycles. The van der Waals surface area contributed by atoms with E-state index in [0.29, 0.717) is 18.7 Å². The number of hydrogen-bond donors (Lipinski definition) is 1. The van der Waals surface area contributed by atoms with Gasteiger partial charge in [-0.2, -0.15) is 0 Å². The van der Waals surface area contributed by atoms with Gasteiger partial charge in [0.15, 0.2) is 9.84 Å². The second-order valence-electron chi connectivity index (χ2n) is 7.24. The summed E-state index contributed by atoms with van der Waals surface area (Å²) in [5.41, 5.74) is 2.19. The van der Waals surface area contributed by atoms with Crippen LogP contribution in [0.1, 0.15) is 10.4 Å². The Kier molecular flexibility index (Phi) is 6.34. The third-order valence-electron chi connectivity index (χ3n) is 5.02. The Labute approximate surface area is 171 Å². The first-order chi connectivity index (χ1) is 13.7. The van der Waals surface area contributed by atoms with Crippen molar-refractivity contribution < 1.29 is 18.0 Å². The summed E-state index contributed by atoms with van der Waals surface area (Å²) in [5, 5.41) is 2.68. The predicted octanol–water partition coefficient (Wildman–Crippen LogP) is 1.26. The van der Waals surface area contributed by atoms with Gasteiger partial charge in [0.2, 0.25) is 5.91 Å². The highest BCUT2D eigenvalue weighted by molar-refractivity contribution is 7.90. The molecule has 7 nitrogen and oxygen atoms in total. The molecule has 0 aliphatic carbocycles. The topological polar surface area (TPSA) is 86.8 Å². The van der Waals surface area contributed by atoms with Crippen molar-refractivity contribution in [1.29, 1.82) is 0 Å². The highest BCUT2D eigenvalue weighted by atomic mass is 32.2. The molecule has 0 saturated carbocycles. The van der Waals surface area contributed by atoms with Crippen molar-refractivity contribution in [3.05, 3.63) is 54.1 Å². The molecule has 0 radical (unpaired) electrons. The van der Waals surface area contributed by atoms with E-state index in [-0.39, 0.29) is 23.3 Å². The number of benzene rings is 2. The molecule has 1 heterocycles. The molecule has 0 atom stereocenters. The van der Waals surface area contributed by atoms with Crippen LogP contribution < -0.4 is 5.32 Å². The molecular weight excluding hydrogens is 390 g/mol. The maximum Gasteiger partial charge on any atom is 0.251 e. The van der Waals surface area contributed by atoms with Crippen molar-refractivity contribution in [2.24, 2.45) is 0 Å². The van der Waals surface area contributed by atoms with Gasteiger partial charge in [0.25, 0.3) is 5.91 Å². The van der Waals surface area contributed by atoms with E-state index in [1.165, 1.54) is 6.26 Å². The van der Waals surface area contributed by atoms with E-state index < -0.39 is 9.84 Å². The Hall–Kier alpha value is -2.71. The number of carbonyl (C=O) groups excluding carboxylic acids is 2. The van der Waals surface area contributed by atoms with Crippen LogP contribution in [-0.4, -0.2) is 76.1 Å². The van der Waals surface area contributed by atoms with Gasteiger partial charge in [-0.15, -0.1) is 0 Å². The van der Waals surface area contributed by atoms with Gasteiger partial charge in [0.1, 0.15) is 0 Å². The van der Waals surface area contributed by atoms with E-state index in [1.807, 2.05) is 7.05 Å². The zero-order valence-electron chi connectivity index (χ0n) is 16.6. The van der Waals surface area contributed by atoms with Gasteiger partial charge in [0.05, 0.1) is 11.4 Å². The molecule has 0 unspecified atom stereocenters. The minimum absolute atomic E-state index is 0.0166. The van der Waals surface area contributed by atoms with Crippen LogP contribution in [0, 0.1) is 0 Å². The zero-order valence-corrected chi connectivity index (χ0v) is 17.4. The lowest BCUT2D eigenvalue weighted by atomic mass is 10.0. The molecule has 0 bridgehead atoms. The number of carbonyl (C=O) groups is 2. The lowest BCUT2D eigenvalue weighted by Crippen LogP contribution is -2.50. The molecule has 29 heavy (non-hydrogen) atoms. The Morgan fingerprint density at radius 1 is 0.897 bits per heavy atom. The smallest absolute Gasteiger partial charge is 0.251 e. The normalized spacial score (nSPS) is 15.2. The van der Waals surface area contributed by atoms with Crippen LogP contribution in [0.15, 0.2) is 53.4 Å². The van der Waals surface area contributed by atoms with Crippen LogP contribution in [-0.2, 0) is 14.6 Å². The number of hydrogen-bond acceptors (Lipinski definition) is 5. The van der Waals surface area contributed by atoms with E-state index in [0.717, 1.165) is 24.2 Å². The Morgan fingerprint density at radius 2 is 1.41 bits per heavy atom. The molecule has 1 aliphatic rings. The highest BCUT2D eigenvalue weighted by Crippen LogP contribution is 2.22. The summed E-state index contributed by atoms with van der Waals surface area (Å²) in [4.78, 5) is 28.8. The van der Waals surface area contributed by atoms with E-state index in [4.69, 9.17) is 0 Å². The second-order valence-corrected chi connectivity index (χ2v) is 9.26.